The van der Waals surface area contributed by atoms with Gasteiger partial charge < -0.3 is 14.9 Å². The number of nitrogens with one attached hydrogen (secondary N) is 1. The van der Waals surface area contributed by atoms with Crippen LogP contribution in [0.2, 0.25) is 0 Å². The summed E-state index contributed by atoms with van der Waals surface area (Å²) in [4.78, 5) is 0. The molecule has 1 aromatic rings. The highest BCUT2D eigenvalue weighted by Gasteiger charge is 2.07. The first-order valence-corrected chi connectivity index (χ1v) is 4.09. The van der Waals surface area contributed by atoms with Gasteiger partial charge >= 0.3 is 0 Å². The maximum atomic E-state index is 5.35. The number of nitrogens with two attached hydrogens (primary N) is 1. The van der Waals surface area contributed by atoms with Gasteiger partial charge in [0.1, 0.15) is 17.2 Å². The van der Waals surface area contributed by atoms with Crippen molar-refractivity contribution in [1.82, 2.24) is 0 Å². The van der Waals surface area contributed by atoms with Gasteiger partial charge in [-0.2, -0.15) is 0 Å². The average Bonchev–Trinajstić information content (AvgIpc) is 2.18. The lowest BCUT2D eigenvalue weighted by atomic mass is 10.2. The Kier molecular flexibility index (Phi) is 3.40. The van der Waals surface area contributed by atoms with Crippen LogP contribution in [0.15, 0.2) is 18.2 Å². The van der Waals surface area contributed by atoms with Crippen LogP contribution in [0.3, 0.4) is 0 Å². The summed E-state index contributed by atoms with van der Waals surface area (Å²) in [6, 6.07) is 5.50. The molecular weight excluding hydrogens is 168 g/mol. The third-order valence-corrected chi connectivity index (χ3v) is 1.65. The molecule has 72 valence electrons. The molecule has 4 nitrogen and oxygen atoms in total. The van der Waals surface area contributed by atoms with Crippen molar-refractivity contribution in [2.75, 3.05) is 19.1 Å². The van der Waals surface area contributed by atoms with E-state index in [0.29, 0.717) is 23.8 Å². The van der Waals surface area contributed by atoms with Crippen molar-refractivity contribution >= 4 is 5.69 Å². The first-order valence-electron chi connectivity index (χ1n) is 4.09. The molecule has 0 atom stereocenters. The number of rotatable bonds is 4. The van der Waals surface area contributed by atoms with Crippen LogP contribution in [-0.4, -0.2) is 13.7 Å². The van der Waals surface area contributed by atoms with E-state index in [9.17, 15) is 0 Å². The Morgan fingerprint density at radius 3 is 2.62 bits per heavy atom. The van der Waals surface area contributed by atoms with Crippen molar-refractivity contribution < 1.29 is 9.47 Å². The van der Waals surface area contributed by atoms with Gasteiger partial charge in [-0.25, -0.2) is 0 Å². The predicted octanol–water partition coefficient (Wildman–Crippen LogP) is 1.38. The van der Waals surface area contributed by atoms with E-state index in [2.05, 4.69) is 5.43 Å². The van der Waals surface area contributed by atoms with Crippen molar-refractivity contribution in [1.29, 1.82) is 0 Å². The molecular formula is C9H14N2O2. The Balaban J connectivity index is 3.03. The van der Waals surface area contributed by atoms with Crippen molar-refractivity contribution in [3.8, 4) is 11.5 Å². The SMILES string of the molecule is CCOc1cccc(OC)c1NN. The molecule has 0 aromatic heterocycles. The summed E-state index contributed by atoms with van der Waals surface area (Å²) in [5.41, 5.74) is 3.22. The topological polar surface area (TPSA) is 56.5 Å². The van der Waals surface area contributed by atoms with Crippen LogP contribution < -0.4 is 20.7 Å². The largest absolute Gasteiger partial charge is 0.494 e. The summed E-state index contributed by atoms with van der Waals surface area (Å²) in [7, 11) is 1.59. The number of nitrogen functional groups attached to an aromatic ring is 1. The lowest BCUT2D eigenvalue weighted by molar-refractivity contribution is 0.338. The van der Waals surface area contributed by atoms with Gasteiger partial charge in [0, 0.05) is 0 Å². The monoisotopic (exact) mass is 182 g/mol. The van der Waals surface area contributed by atoms with Gasteiger partial charge in [-0.1, -0.05) is 6.07 Å². The Morgan fingerprint density at radius 1 is 1.38 bits per heavy atom. The Bertz CT molecular complexity index is 276. The molecule has 13 heavy (non-hydrogen) atoms. The number of para-hydroxylation sites is 1. The van der Waals surface area contributed by atoms with Gasteiger partial charge in [-0.05, 0) is 19.1 Å². The highest BCUT2D eigenvalue weighted by Crippen LogP contribution is 2.33. The molecule has 4 heteroatoms. The van der Waals surface area contributed by atoms with Crippen molar-refractivity contribution in [3.63, 3.8) is 0 Å². The zero-order chi connectivity index (χ0) is 9.68. The number of hydrogen-bond acceptors (Lipinski definition) is 4. The normalized spacial score (nSPS) is 9.46. The van der Waals surface area contributed by atoms with E-state index in [1.165, 1.54) is 0 Å². The quantitative estimate of drug-likeness (QED) is 0.545. The lowest BCUT2D eigenvalue weighted by Crippen LogP contribution is -2.10. The molecule has 0 saturated carbocycles. The van der Waals surface area contributed by atoms with Gasteiger partial charge in [-0.3, -0.25) is 5.84 Å². The molecule has 3 N–H and O–H groups in total. The lowest BCUT2D eigenvalue weighted by Gasteiger charge is -2.12. The molecule has 0 spiro atoms. The summed E-state index contributed by atoms with van der Waals surface area (Å²) in [6.07, 6.45) is 0. The van der Waals surface area contributed by atoms with E-state index in [0.717, 1.165) is 0 Å². The molecule has 0 aliphatic heterocycles. The fourth-order valence-electron chi connectivity index (χ4n) is 1.10. The first kappa shape index (κ1) is 9.67. The third-order valence-electron chi connectivity index (χ3n) is 1.65. The van der Waals surface area contributed by atoms with Crippen LogP contribution in [0.5, 0.6) is 11.5 Å². The van der Waals surface area contributed by atoms with Crippen LogP contribution >= 0.6 is 0 Å². The fraction of sp³-hybridized carbons (Fsp3) is 0.333. The second-order valence-corrected chi connectivity index (χ2v) is 2.41. The molecule has 1 aromatic carbocycles. The number of hydrazine groups is 1. The van der Waals surface area contributed by atoms with Crippen molar-refractivity contribution in [2.45, 2.75) is 6.92 Å². The standard InChI is InChI=1S/C9H14N2O2/c1-3-13-8-6-4-5-7(12-2)9(8)11-10/h4-6,11H,3,10H2,1-2H3. The van der Waals surface area contributed by atoms with E-state index in [4.69, 9.17) is 15.3 Å². The summed E-state index contributed by atoms with van der Waals surface area (Å²) in [5.74, 6) is 6.72. The fourth-order valence-corrected chi connectivity index (χ4v) is 1.10. The predicted molar refractivity (Wildman–Crippen MR) is 52.0 cm³/mol. The van der Waals surface area contributed by atoms with Crippen LogP contribution in [0.1, 0.15) is 6.92 Å². The number of benzene rings is 1. The van der Waals surface area contributed by atoms with Crippen LogP contribution in [0.4, 0.5) is 5.69 Å². The van der Waals surface area contributed by atoms with E-state index >= 15 is 0 Å². The van der Waals surface area contributed by atoms with Gasteiger partial charge in [0.15, 0.2) is 0 Å². The van der Waals surface area contributed by atoms with Crippen LogP contribution in [0, 0.1) is 0 Å². The number of ether oxygens (including phenoxy) is 2. The first-order chi connectivity index (χ1) is 6.33. The maximum Gasteiger partial charge on any atom is 0.147 e. The van der Waals surface area contributed by atoms with Crippen LogP contribution in [0.25, 0.3) is 0 Å². The molecule has 0 saturated heterocycles. The molecule has 1 rings (SSSR count). The molecule has 0 aliphatic carbocycles. The highest BCUT2D eigenvalue weighted by molar-refractivity contribution is 5.65. The van der Waals surface area contributed by atoms with E-state index < -0.39 is 0 Å². The van der Waals surface area contributed by atoms with Gasteiger partial charge in [0.05, 0.1) is 13.7 Å². The number of methoxy groups -OCH3 is 1. The molecule has 0 aliphatic rings. The number of hydrogen-bond donors (Lipinski definition) is 2. The van der Waals surface area contributed by atoms with E-state index in [-0.39, 0.29) is 0 Å². The minimum Gasteiger partial charge on any atom is -0.494 e. The molecule has 0 unspecified atom stereocenters. The van der Waals surface area contributed by atoms with Crippen molar-refractivity contribution in [3.05, 3.63) is 18.2 Å². The Labute approximate surface area is 77.6 Å². The minimum absolute atomic E-state index is 0.599. The summed E-state index contributed by atoms with van der Waals surface area (Å²) in [6.45, 7) is 2.52. The second-order valence-electron chi connectivity index (χ2n) is 2.41. The zero-order valence-electron chi connectivity index (χ0n) is 7.83. The Morgan fingerprint density at radius 2 is 2.08 bits per heavy atom. The van der Waals surface area contributed by atoms with Gasteiger partial charge in [0.25, 0.3) is 0 Å². The van der Waals surface area contributed by atoms with Gasteiger partial charge in [-0.15, -0.1) is 0 Å². The molecule has 0 fully saturated rings. The summed E-state index contributed by atoms with van der Waals surface area (Å²) < 4.78 is 10.4. The zero-order valence-corrected chi connectivity index (χ0v) is 7.83. The highest BCUT2D eigenvalue weighted by atomic mass is 16.5. The molecule has 0 heterocycles. The second kappa shape index (κ2) is 4.57. The number of anilines is 1. The average molecular weight is 182 g/mol. The molecule has 0 radical (unpaired) electrons. The van der Waals surface area contributed by atoms with Crippen molar-refractivity contribution in [2.24, 2.45) is 5.84 Å². The molecule has 0 amide bonds. The van der Waals surface area contributed by atoms with E-state index in [1.54, 1.807) is 7.11 Å². The summed E-state index contributed by atoms with van der Waals surface area (Å²) in [5, 5.41) is 0. The van der Waals surface area contributed by atoms with E-state index in [1.807, 2.05) is 25.1 Å². The maximum absolute atomic E-state index is 5.35. The Hall–Kier alpha value is -1.42. The summed E-state index contributed by atoms with van der Waals surface area (Å²) >= 11 is 0. The molecule has 0 bridgehead atoms. The smallest absolute Gasteiger partial charge is 0.147 e. The van der Waals surface area contributed by atoms with Crippen LogP contribution in [-0.2, 0) is 0 Å². The minimum atomic E-state index is 0.599. The third kappa shape index (κ3) is 2.03. The van der Waals surface area contributed by atoms with Gasteiger partial charge in [0.2, 0.25) is 0 Å².